The van der Waals surface area contributed by atoms with E-state index in [2.05, 4.69) is 39.8 Å². The summed E-state index contributed by atoms with van der Waals surface area (Å²) < 4.78 is 0. The van der Waals surface area contributed by atoms with Crippen LogP contribution in [-0.4, -0.2) is 6.54 Å². The van der Waals surface area contributed by atoms with Gasteiger partial charge in [-0.25, -0.2) is 0 Å². The lowest BCUT2D eigenvalue weighted by Crippen LogP contribution is -2.13. The summed E-state index contributed by atoms with van der Waals surface area (Å²) in [5, 5.41) is 0. The minimum Gasteiger partial charge on any atom is -0.330 e. The highest BCUT2D eigenvalue weighted by Gasteiger charge is 2.05. The molecule has 0 amide bonds. The Hall–Kier alpha value is -0.820. The second-order valence-electron chi connectivity index (χ2n) is 4.41. The Kier molecular flexibility index (Phi) is 3.70. The van der Waals surface area contributed by atoms with Gasteiger partial charge in [0.25, 0.3) is 0 Å². The predicted molar refractivity (Wildman–Crippen MR) is 62.6 cm³/mol. The Balaban J connectivity index is 2.92. The van der Waals surface area contributed by atoms with Crippen molar-refractivity contribution in [3.63, 3.8) is 0 Å². The van der Waals surface area contributed by atoms with E-state index < -0.39 is 0 Å². The van der Waals surface area contributed by atoms with Crippen molar-refractivity contribution in [1.82, 2.24) is 0 Å². The summed E-state index contributed by atoms with van der Waals surface area (Å²) in [6.07, 6.45) is 1.10. The summed E-state index contributed by atoms with van der Waals surface area (Å²) in [5.41, 5.74) is 11.2. The van der Waals surface area contributed by atoms with Gasteiger partial charge in [0.05, 0.1) is 0 Å². The second-order valence-corrected chi connectivity index (χ2v) is 4.41. The van der Waals surface area contributed by atoms with Crippen LogP contribution >= 0.6 is 0 Å². The molecule has 0 aliphatic carbocycles. The van der Waals surface area contributed by atoms with E-state index in [0.29, 0.717) is 5.92 Å². The van der Waals surface area contributed by atoms with Crippen LogP contribution in [0.2, 0.25) is 0 Å². The molecule has 1 aromatic carbocycles. The Morgan fingerprint density at radius 3 is 2.21 bits per heavy atom. The van der Waals surface area contributed by atoms with Crippen molar-refractivity contribution < 1.29 is 0 Å². The van der Waals surface area contributed by atoms with Gasteiger partial charge < -0.3 is 5.73 Å². The first-order valence-electron chi connectivity index (χ1n) is 5.31. The maximum absolute atomic E-state index is 5.64. The Bertz CT molecular complexity index is 315. The van der Waals surface area contributed by atoms with Gasteiger partial charge in [-0.15, -0.1) is 0 Å². The zero-order valence-electron chi connectivity index (χ0n) is 9.72. The highest BCUT2D eigenvalue weighted by molar-refractivity contribution is 5.36. The van der Waals surface area contributed by atoms with Crippen molar-refractivity contribution in [2.75, 3.05) is 6.54 Å². The molecule has 1 atom stereocenters. The molecule has 0 saturated carbocycles. The lowest BCUT2D eigenvalue weighted by molar-refractivity contribution is 0.591. The molecule has 0 aliphatic rings. The summed E-state index contributed by atoms with van der Waals surface area (Å²) in [4.78, 5) is 0. The third-order valence-corrected chi connectivity index (χ3v) is 2.92. The summed E-state index contributed by atoms with van der Waals surface area (Å²) in [6, 6.07) is 4.57. The van der Waals surface area contributed by atoms with E-state index in [4.69, 9.17) is 5.73 Å². The van der Waals surface area contributed by atoms with E-state index in [9.17, 15) is 0 Å². The number of rotatable bonds is 3. The first-order valence-corrected chi connectivity index (χ1v) is 5.31. The van der Waals surface area contributed by atoms with E-state index >= 15 is 0 Å². The molecule has 0 aliphatic heterocycles. The molecule has 1 nitrogen and oxygen atoms in total. The van der Waals surface area contributed by atoms with E-state index in [-0.39, 0.29) is 0 Å². The fourth-order valence-electron chi connectivity index (χ4n) is 1.70. The van der Waals surface area contributed by atoms with Gasteiger partial charge in [-0.1, -0.05) is 19.1 Å². The number of benzene rings is 1. The summed E-state index contributed by atoms with van der Waals surface area (Å²) in [7, 11) is 0. The van der Waals surface area contributed by atoms with Gasteiger partial charge in [-0.05, 0) is 61.9 Å². The molecule has 1 aromatic rings. The van der Waals surface area contributed by atoms with Crippen LogP contribution in [0, 0.1) is 26.7 Å². The van der Waals surface area contributed by atoms with Gasteiger partial charge in [-0.3, -0.25) is 0 Å². The molecule has 0 fully saturated rings. The molecular formula is C13H21N. The summed E-state index contributed by atoms with van der Waals surface area (Å²) >= 11 is 0. The Morgan fingerprint density at radius 2 is 1.64 bits per heavy atom. The predicted octanol–water partition coefficient (Wildman–Crippen LogP) is 2.75. The van der Waals surface area contributed by atoms with Crippen molar-refractivity contribution >= 4 is 0 Å². The average Bonchev–Trinajstić information content (AvgIpc) is 2.14. The molecule has 14 heavy (non-hydrogen) atoms. The molecular weight excluding hydrogens is 170 g/mol. The fraction of sp³-hybridized carbons (Fsp3) is 0.538. The van der Waals surface area contributed by atoms with Gasteiger partial charge in [0, 0.05) is 0 Å². The van der Waals surface area contributed by atoms with Crippen molar-refractivity contribution in [2.24, 2.45) is 11.7 Å². The molecule has 0 saturated heterocycles. The van der Waals surface area contributed by atoms with E-state index in [1.807, 2.05) is 0 Å². The lowest BCUT2D eigenvalue weighted by atomic mass is 9.94. The molecule has 0 radical (unpaired) electrons. The number of aryl methyl sites for hydroxylation is 3. The fourth-order valence-corrected chi connectivity index (χ4v) is 1.70. The zero-order valence-corrected chi connectivity index (χ0v) is 9.72. The highest BCUT2D eigenvalue weighted by atomic mass is 14.5. The van der Waals surface area contributed by atoms with Crippen molar-refractivity contribution in [3.05, 3.63) is 34.4 Å². The highest BCUT2D eigenvalue weighted by Crippen LogP contribution is 2.18. The first-order chi connectivity index (χ1) is 6.54. The largest absolute Gasteiger partial charge is 0.330 e. The molecule has 2 N–H and O–H groups in total. The minimum atomic E-state index is 0.579. The van der Waals surface area contributed by atoms with Gasteiger partial charge in [-0.2, -0.15) is 0 Å². The topological polar surface area (TPSA) is 26.0 Å². The van der Waals surface area contributed by atoms with Crippen LogP contribution in [0.25, 0.3) is 0 Å². The first kappa shape index (κ1) is 11.3. The lowest BCUT2D eigenvalue weighted by Gasteiger charge is -2.13. The van der Waals surface area contributed by atoms with E-state index in [1.54, 1.807) is 0 Å². The van der Waals surface area contributed by atoms with E-state index in [0.717, 1.165) is 13.0 Å². The van der Waals surface area contributed by atoms with Gasteiger partial charge >= 0.3 is 0 Å². The van der Waals surface area contributed by atoms with Crippen LogP contribution in [0.4, 0.5) is 0 Å². The molecule has 0 heterocycles. The SMILES string of the molecule is Cc1cc(C)c(CC(C)CN)cc1C. The van der Waals surface area contributed by atoms with Crippen LogP contribution in [0.1, 0.15) is 29.2 Å². The van der Waals surface area contributed by atoms with Crippen LogP contribution in [0.5, 0.6) is 0 Å². The normalized spacial score (nSPS) is 12.9. The second kappa shape index (κ2) is 4.61. The standard InChI is InChI=1S/C13H21N/c1-9(8-14)5-13-7-11(3)10(2)6-12(13)4/h6-7,9H,5,8,14H2,1-4H3. The monoisotopic (exact) mass is 191 g/mol. The maximum Gasteiger partial charge on any atom is -0.00483 e. The van der Waals surface area contributed by atoms with Gasteiger partial charge in [0.15, 0.2) is 0 Å². The summed E-state index contributed by atoms with van der Waals surface area (Å²) in [6.45, 7) is 9.50. The van der Waals surface area contributed by atoms with Crippen LogP contribution in [-0.2, 0) is 6.42 Å². The molecule has 0 aromatic heterocycles. The molecule has 78 valence electrons. The number of nitrogens with two attached hydrogens (primary N) is 1. The molecule has 1 rings (SSSR count). The van der Waals surface area contributed by atoms with Crippen LogP contribution in [0.3, 0.4) is 0 Å². The molecule has 1 unspecified atom stereocenters. The van der Waals surface area contributed by atoms with E-state index in [1.165, 1.54) is 22.3 Å². The summed E-state index contributed by atoms with van der Waals surface area (Å²) in [5.74, 6) is 0.579. The van der Waals surface area contributed by atoms with Gasteiger partial charge in [0.2, 0.25) is 0 Å². The Morgan fingerprint density at radius 1 is 1.07 bits per heavy atom. The minimum absolute atomic E-state index is 0.579. The maximum atomic E-state index is 5.64. The molecule has 0 bridgehead atoms. The van der Waals surface area contributed by atoms with Gasteiger partial charge in [0.1, 0.15) is 0 Å². The molecule has 0 spiro atoms. The molecule has 1 heteroatoms. The quantitative estimate of drug-likeness (QED) is 0.781. The van der Waals surface area contributed by atoms with Crippen LogP contribution in [0.15, 0.2) is 12.1 Å². The smallest absolute Gasteiger partial charge is 0.00483 e. The number of hydrogen-bond donors (Lipinski definition) is 1. The zero-order chi connectivity index (χ0) is 10.7. The van der Waals surface area contributed by atoms with Crippen molar-refractivity contribution in [3.8, 4) is 0 Å². The van der Waals surface area contributed by atoms with Crippen molar-refractivity contribution in [2.45, 2.75) is 34.1 Å². The van der Waals surface area contributed by atoms with Crippen LogP contribution < -0.4 is 5.73 Å². The van der Waals surface area contributed by atoms with Crippen molar-refractivity contribution in [1.29, 1.82) is 0 Å². The number of hydrogen-bond acceptors (Lipinski definition) is 1. The third kappa shape index (κ3) is 2.58. The Labute approximate surface area is 87.3 Å². The average molecular weight is 191 g/mol. The third-order valence-electron chi connectivity index (χ3n) is 2.92.